The minimum atomic E-state index is -0.498. The van der Waals surface area contributed by atoms with Crippen LogP contribution in [0.1, 0.15) is 38.5 Å². The number of hydrogen-bond donors (Lipinski definition) is 2. The Morgan fingerprint density at radius 1 is 1.28 bits per heavy atom. The molecule has 5 nitrogen and oxygen atoms in total. The maximum atomic E-state index is 12.0. The minimum Gasteiger partial charge on any atom is -0.392 e. The molecular weight excluding hydrogens is 232 g/mol. The Hall–Kier alpha value is -1.10. The van der Waals surface area contributed by atoms with E-state index in [0.717, 1.165) is 32.1 Å². The Morgan fingerprint density at radius 3 is 2.67 bits per heavy atom. The van der Waals surface area contributed by atoms with Crippen molar-refractivity contribution in [3.8, 4) is 0 Å². The highest BCUT2D eigenvalue weighted by Gasteiger charge is 2.41. The number of nitrogens with zero attached hydrogens (tertiary/aromatic N) is 1. The molecule has 2 saturated carbocycles. The van der Waals surface area contributed by atoms with E-state index in [9.17, 15) is 14.7 Å². The van der Waals surface area contributed by atoms with Crippen LogP contribution in [0.4, 0.5) is 0 Å². The second kappa shape index (κ2) is 4.53. The molecule has 2 N–H and O–H groups in total. The molecule has 0 aromatic heterocycles. The van der Waals surface area contributed by atoms with Crippen LogP contribution in [0.25, 0.3) is 0 Å². The molecule has 1 heterocycles. The lowest BCUT2D eigenvalue weighted by Gasteiger charge is -2.19. The van der Waals surface area contributed by atoms with Crippen LogP contribution >= 0.6 is 0 Å². The molecule has 3 aliphatic rings. The van der Waals surface area contributed by atoms with Crippen LogP contribution in [0, 0.1) is 5.92 Å². The van der Waals surface area contributed by atoms with Crippen molar-refractivity contribution in [2.24, 2.45) is 5.92 Å². The van der Waals surface area contributed by atoms with Gasteiger partial charge in [-0.25, -0.2) is 0 Å². The molecule has 0 aromatic carbocycles. The summed E-state index contributed by atoms with van der Waals surface area (Å²) in [5.74, 6) is -0.180. The van der Waals surface area contributed by atoms with E-state index in [2.05, 4.69) is 5.32 Å². The first-order valence-corrected chi connectivity index (χ1v) is 6.93. The monoisotopic (exact) mass is 252 g/mol. The van der Waals surface area contributed by atoms with Crippen molar-refractivity contribution in [2.75, 3.05) is 6.54 Å². The van der Waals surface area contributed by atoms with Gasteiger partial charge in [0.15, 0.2) is 0 Å². The second-order valence-electron chi connectivity index (χ2n) is 5.79. The van der Waals surface area contributed by atoms with Gasteiger partial charge in [-0.2, -0.15) is 0 Å². The van der Waals surface area contributed by atoms with E-state index in [1.165, 1.54) is 0 Å². The van der Waals surface area contributed by atoms with E-state index < -0.39 is 6.10 Å². The molecule has 3 unspecified atom stereocenters. The van der Waals surface area contributed by atoms with E-state index >= 15 is 0 Å². The van der Waals surface area contributed by atoms with Gasteiger partial charge in [-0.05, 0) is 32.1 Å². The van der Waals surface area contributed by atoms with E-state index in [1.807, 2.05) is 4.90 Å². The van der Waals surface area contributed by atoms with Gasteiger partial charge in [-0.3, -0.25) is 9.59 Å². The summed E-state index contributed by atoms with van der Waals surface area (Å²) < 4.78 is 0. The molecule has 3 fully saturated rings. The first-order chi connectivity index (χ1) is 8.65. The maximum Gasteiger partial charge on any atom is 0.226 e. The van der Waals surface area contributed by atoms with Crippen LogP contribution in [0.5, 0.6) is 0 Å². The molecular formula is C13H20N2O3. The highest BCUT2D eigenvalue weighted by Crippen LogP contribution is 2.31. The Labute approximate surface area is 107 Å². The van der Waals surface area contributed by atoms with E-state index in [-0.39, 0.29) is 23.8 Å². The topological polar surface area (TPSA) is 69.6 Å². The van der Waals surface area contributed by atoms with Gasteiger partial charge in [0.25, 0.3) is 0 Å². The Morgan fingerprint density at radius 2 is 2.06 bits per heavy atom. The highest BCUT2D eigenvalue weighted by molar-refractivity contribution is 5.84. The lowest BCUT2D eigenvalue weighted by molar-refractivity contribution is -0.128. The third kappa shape index (κ3) is 2.23. The van der Waals surface area contributed by atoms with Crippen molar-refractivity contribution in [3.05, 3.63) is 0 Å². The molecule has 3 atom stereocenters. The largest absolute Gasteiger partial charge is 0.392 e. The second-order valence-corrected chi connectivity index (χ2v) is 5.79. The standard InChI is InChI=1S/C13H20N2O3/c16-11-3-1-2-10(11)13(18)14-8-6-12(17)15(7-8)9-4-5-9/h8-11,16H,1-7H2,(H,14,18). The van der Waals surface area contributed by atoms with Crippen molar-refractivity contribution in [1.82, 2.24) is 10.2 Å². The number of nitrogens with one attached hydrogen (secondary N) is 1. The minimum absolute atomic E-state index is 0.0570. The summed E-state index contributed by atoms with van der Waals surface area (Å²) in [7, 11) is 0. The molecule has 18 heavy (non-hydrogen) atoms. The molecule has 100 valence electrons. The van der Waals surface area contributed by atoms with Crippen molar-refractivity contribution in [1.29, 1.82) is 0 Å². The zero-order valence-corrected chi connectivity index (χ0v) is 10.5. The number of amides is 2. The van der Waals surface area contributed by atoms with Crippen molar-refractivity contribution in [3.63, 3.8) is 0 Å². The van der Waals surface area contributed by atoms with Gasteiger partial charge >= 0.3 is 0 Å². The SMILES string of the molecule is O=C(NC1CC(=O)N(C2CC2)C1)C1CCCC1O. The van der Waals surface area contributed by atoms with Crippen molar-refractivity contribution < 1.29 is 14.7 Å². The zero-order valence-electron chi connectivity index (χ0n) is 10.5. The van der Waals surface area contributed by atoms with Crippen LogP contribution in [0.15, 0.2) is 0 Å². The van der Waals surface area contributed by atoms with Crippen LogP contribution in [0.3, 0.4) is 0 Å². The number of hydrogen-bond acceptors (Lipinski definition) is 3. The number of aliphatic hydroxyl groups excluding tert-OH is 1. The molecule has 0 radical (unpaired) electrons. The number of carbonyl (C=O) groups is 2. The Bertz CT molecular complexity index is 367. The number of rotatable bonds is 3. The summed E-state index contributed by atoms with van der Waals surface area (Å²) in [6.07, 6.45) is 4.53. The van der Waals surface area contributed by atoms with Gasteiger partial charge in [-0.1, -0.05) is 0 Å². The van der Waals surface area contributed by atoms with Gasteiger partial charge < -0.3 is 15.3 Å². The Balaban J connectivity index is 1.54. The first-order valence-electron chi connectivity index (χ1n) is 6.93. The third-order valence-corrected chi connectivity index (χ3v) is 4.31. The molecule has 3 rings (SSSR count). The quantitative estimate of drug-likeness (QED) is 0.744. The maximum absolute atomic E-state index is 12.0. The van der Waals surface area contributed by atoms with Crippen LogP contribution in [0.2, 0.25) is 0 Å². The lowest BCUT2D eigenvalue weighted by atomic mass is 10.0. The van der Waals surface area contributed by atoms with E-state index in [4.69, 9.17) is 0 Å². The smallest absolute Gasteiger partial charge is 0.226 e. The summed E-state index contributed by atoms with van der Waals surface area (Å²) in [5.41, 5.74) is 0. The summed E-state index contributed by atoms with van der Waals surface area (Å²) in [5, 5.41) is 12.6. The molecule has 0 spiro atoms. The predicted octanol–water partition coefficient (Wildman–Crippen LogP) is 0.0269. The van der Waals surface area contributed by atoms with Gasteiger partial charge in [0, 0.05) is 19.0 Å². The summed E-state index contributed by atoms with van der Waals surface area (Å²) >= 11 is 0. The number of carbonyl (C=O) groups excluding carboxylic acids is 2. The Kier molecular flexibility index (Phi) is 3.01. The average Bonchev–Trinajstić information content (AvgIpc) is 2.97. The van der Waals surface area contributed by atoms with Gasteiger partial charge in [0.05, 0.1) is 18.1 Å². The molecule has 0 aromatic rings. The van der Waals surface area contributed by atoms with E-state index in [1.54, 1.807) is 0 Å². The van der Waals surface area contributed by atoms with Crippen LogP contribution < -0.4 is 5.32 Å². The number of likely N-dealkylation sites (tertiary alicyclic amines) is 1. The van der Waals surface area contributed by atoms with Gasteiger partial charge in [0.1, 0.15) is 0 Å². The van der Waals surface area contributed by atoms with Crippen molar-refractivity contribution >= 4 is 11.8 Å². The lowest BCUT2D eigenvalue weighted by Crippen LogP contribution is -2.42. The zero-order chi connectivity index (χ0) is 12.7. The molecule has 0 bridgehead atoms. The van der Waals surface area contributed by atoms with Crippen molar-refractivity contribution in [2.45, 2.75) is 56.7 Å². The van der Waals surface area contributed by atoms with Crippen LogP contribution in [-0.2, 0) is 9.59 Å². The summed E-state index contributed by atoms with van der Waals surface area (Å²) in [4.78, 5) is 25.7. The predicted molar refractivity (Wildman–Crippen MR) is 64.6 cm³/mol. The van der Waals surface area contributed by atoms with Crippen LogP contribution in [-0.4, -0.2) is 46.6 Å². The molecule has 2 amide bonds. The fourth-order valence-corrected chi connectivity index (χ4v) is 3.12. The molecule has 1 aliphatic heterocycles. The molecule has 1 saturated heterocycles. The van der Waals surface area contributed by atoms with Gasteiger partial charge in [-0.15, -0.1) is 0 Å². The summed E-state index contributed by atoms with van der Waals surface area (Å²) in [6, 6.07) is 0.370. The molecule has 5 heteroatoms. The third-order valence-electron chi connectivity index (χ3n) is 4.31. The molecule has 2 aliphatic carbocycles. The van der Waals surface area contributed by atoms with Gasteiger partial charge in [0.2, 0.25) is 11.8 Å². The fourth-order valence-electron chi connectivity index (χ4n) is 3.12. The normalized spacial score (nSPS) is 36.2. The number of aliphatic hydroxyl groups is 1. The highest BCUT2D eigenvalue weighted by atomic mass is 16.3. The first kappa shape index (κ1) is 12.0. The average molecular weight is 252 g/mol. The summed E-state index contributed by atoms with van der Waals surface area (Å²) in [6.45, 7) is 0.651. The fraction of sp³-hybridized carbons (Fsp3) is 0.846. The van der Waals surface area contributed by atoms with E-state index in [0.29, 0.717) is 19.0 Å².